The molecule has 0 aliphatic rings. The third-order valence-corrected chi connectivity index (χ3v) is 2.63. The van der Waals surface area contributed by atoms with E-state index in [2.05, 4.69) is 21.1 Å². The van der Waals surface area contributed by atoms with E-state index >= 15 is 0 Å². The maximum atomic E-state index is 6.04. The normalized spacial score (nSPS) is 10.4. The first kappa shape index (κ1) is 9.55. The number of halogens is 2. The van der Waals surface area contributed by atoms with Crippen molar-refractivity contribution >= 4 is 33.4 Å². The van der Waals surface area contributed by atoms with Gasteiger partial charge in [0.15, 0.2) is 0 Å². The fourth-order valence-corrected chi connectivity index (χ4v) is 1.93. The highest BCUT2D eigenvalue weighted by atomic mass is 79.9. The van der Waals surface area contributed by atoms with E-state index in [0.717, 1.165) is 10.0 Å². The molecule has 1 heterocycles. The molecule has 2 rings (SSSR count). The molecule has 0 saturated heterocycles. The Bertz CT molecular complexity index is 470. The number of hydrogen-bond donors (Lipinski definition) is 1. The molecule has 0 saturated carbocycles. The predicted molar refractivity (Wildman–Crippen MR) is 59.1 cm³/mol. The first-order valence-corrected chi connectivity index (χ1v) is 5.01. The summed E-state index contributed by atoms with van der Waals surface area (Å²) >= 11 is 9.36. The Morgan fingerprint density at radius 2 is 2.14 bits per heavy atom. The van der Waals surface area contributed by atoms with Crippen LogP contribution >= 0.6 is 27.5 Å². The third-order valence-electron chi connectivity index (χ3n) is 1.82. The molecular weight excluding hydrogens is 267 g/mol. The van der Waals surface area contributed by atoms with Crippen molar-refractivity contribution in [1.29, 1.82) is 0 Å². The average Bonchev–Trinajstić information content (AvgIpc) is 2.52. The number of rotatable bonds is 1. The van der Waals surface area contributed by atoms with E-state index in [1.807, 2.05) is 12.1 Å². The van der Waals surface area contributed by atoms with Crippen molar-refractivity contribution in [2.24, 2.45) is 0 Å². The van der Waals surface area contributed by atoms with Gasteiger partial charge in [-0.05, 0) is 12.1 Å². The lowest BCUT2D eigenvalue weighted by Crippen LogP contribution is -1.85. The van der Waals surface area contributed by atoms with Crippen LogP contribution in [0.5, 0.6) is 0 Å². The lowest BCUT2D eigenvalue weighted by Gasteiger charge is -2.01. The minimum atomic E-state index is 0.272. The summed E-state index contributed by atoms with van der Waals surface area (Å²) in [7, 11) is 0. The van der Waals surface area contributed by atoms with Gasteiger partial charge in [-0.2, -0.15) is 0 Å². The van der Waals surface area contributed by atoms with Crippen molar-refractivity contribution in [3.8, 4) is 11.1 Å². The maximum Gasteiger partial charge on any atom is 0.230 e. The Balaban J connectivity index is 2.58. The molecular formula is C9H6BrClN2O. The van der Waals surface area contributed by atoms with Gasteiger partial charge in [0.2, 0.25) is 5.88 Å². The van der Waals surface area contributed by atoms with Crippen molar-refractivity contribution in [1.82, 2.24) is 5.16 Å². The largest absolute Gasteiger partial charge is 0.367 e. The van der Waals surface area contributed by atoms with E-state index in [1.54, 1.807) is 12.3 Å². The summed E-state index contributed by atoms with van der Waals surface area (Å²) in [5, 5.41) is 4.20. The second-order valence-corrected chi connectivity index (χ2v) is 4.05. The Morgan fingerprint density at radius 3 is 2.71 bits per heavy atom. The van der Waals surface area contributed by atoms with E-state index in [4.69, 9.17) is 21.9 Å². The molecule has 0 aliphatic heterocycles. The van der Waals surface area contributed by atoms with Crippen LogP contribution in [0.3, 0.4) is 0 Å². The molecule has 0 bridgehead atoms. The summed E-state index contributed by atoms with van der Waals surface area (Å²) in [5.74, 6) is 0.272. The molecule has 1 aromatic carbocycles. The third kappa shape index (κ3) is 1.63. The SMILES string of the molecule is Nc1oncc1-c1ccc(Br)cc1Cl. The minimum absolute atomic E-state index is 0.272. The summed E-state index contributed by atoms with van der Waals surface area (Å²) in [6.07, 6.45) is 1.55. The van der Waals surface area contributed by atoms with Gasteiger partial charge in [-0.15, -0.1) is 0 Å². The van der Waals surface area contributed by atoms with Crippen LogP contribution in [0.15, 0.2) is 33.4 Å². The van der Waals surface area contributed by atoms with Crippen LogP contribution in [0.2, 0.25) is 5.02 Å². The summed E-state index contributed by atoms with van der Waals surface area (Å²) in [4.78, 5) is 0. The van der Waals surface area contributed by atoms with E-state index < -0.39 is 0 Å². The van der Waals surface area contributed by atoms with E-state index in [0.29, 0.717) is 10.6 Å². The van der Waals surface area contributed by atoms with Crippen LogP contribution < -0.4 is 5.73 Å². The molecule has 72 valence electrons. The van der Waals surface area contributed by atoms with Gasteiger partial charge in [0, 0.05) is 15.1 Å². The van der Waals surface area contributed by atoms with Gasteiger partial charge in [0.1, 0.15) is 0 Å². The highest BCUT2D eigenvalue weighted by Gasteiger charge is 2.10. The second-order valence-electron chi connectivity index (χ2n) is 2.73. The van der Waals surface area contributed by atoms with Gasteiger partial charge < -0.3 is 10.3 Å². The van der Waals surface area contributed by atoms with Crippen molar-refractivity contribution in [2.75, 3.05) is 5.73 Å². The highest BCUT2D eigenvalue weighted by Crippen LogP contribution is 2.33. The maximum absolute atomic E-state index is 6.04. The average molecular weight is 274 g/mol. The molecule has 5 heteroatoms. The lowest BCUT2D eigenvalue weighted by molar-refractivity contribution is 0.436. The monoisotopic (exact) mass is 272 g/mol. The number of nitrogens with two attached hydrogens (primary N) is 1. The van der Waals surface area contributed by atoms with Crippen molar-refractivity contribution < 1.29 is 4.52 Å². The number of nitrogen functional groups attached to an aromatic ring is 1. The van der Waals surface area contributed by atoms with Crippen LogP contribution in [-0.2, 0) is 0 Å². The zero-order chi connectivity index (χ0) is 10.1. The smallest absolute Gasteiger partial charge is 0.230 e. The summed E-state index contributed by atoms with van der Waals surface area (Å²) in [6, 6.07) is 5.53. The van der Waals surface area contributed by atoms with Crippen LogP contribution in [0.25, 0.3) is 11.1 Å². The standard InChI is InChI=1S/C9H6BrClN2O/c10-5-1-2-6(8(11)3-5)7-4-13-14-9(7)12/h1-4H,12H2. The number of anilines is 1. The first-order chi connectivity index (χ1) is 6.68. The highest BCUT2D eigenvalue weighted by molar-refractivity contribution is 9.10. The quantitative estimate of drug-likeness (QED) is 0.867. The number of aromatic nitrogens is 1. The van der Waals surface area contributed by atoms with Crippen molar-refractivity contribution in [3.05, 3.63) is 33.9 Å². The first-order valence-electron chi connectivity index (χ1n) is 3.84. The van der Waals surface area contributed by atoms with Crippen LogP contribution in [0, 0.1) is 0 Å². The van der Waals surface area contributed by atoms with Crippen LogP contribution in [0.1, 0.15) is 0 Å². The number of benzene rings is 1. The fraction of sp³-hybridized carbons (Fsp3) is 0. The van der Waals surface area contributed by atoms with Crippen molar-refractivity contribution in [3.63, 3.8) is 0 Å². The van der Waals surface area contributed by atoms with Crippen LogP contribution in [0.4, 0.5) is 5.88 Å². The van der Waals surface area contributed by atoms with Crippen LogP contribution in [-0.4, -0.2) is 5.16 Å². The molecule has 14 heavy (non-hydrogen) atoms. The van der Waals surface area contributed by atoms with Gasteiger partial charge in [0.05, 0.1) is 11.8 Å². The zero-order valence-corrected chi connectivity index (χ0v) is 9.34. The molecule has 2 N–H and O–H groups in total. The van der Waals surface area contributed by atoms with Gasteiger partial charge in [-0.3, -0.25) is 0 Å². The molecule has 0 amide bonds. The van der Waals surface area contributed by atoms with Gasteiger partial charge in [-0.25, -0.2) is 0 Å². The van der Waals surface area contributed by atoms with Gasteiger partial charge in [0.25, 0.3) is 0 Å². The van der Waals surface area contributed by atoms with E-state index in [1.165, 1.54) is 0 Å². The predicted octanol–water partition coefficient (Wildman–Crippen LogP) is 3.34. The number of nitrogens with zero attached hydrogens (tertiary/aromatic N) is 1. The van der Waals surface area contributed by atoms with Crippen molar-refractivity contribution in [2.45, 2.75) is 0 Å². The zero-order valence-electron chi connectivity index (χ0n) is 7.00. The second kappa shape index (κ2) is 3.63. The Kier molecular flexibility index (Phi) is 2.48. The molecule has 0 aliphatic carbocycles. The molecule has 0 fully saturated rings. The minimum Gasteiger partial charge on any atom is -0.367 e. The summed E-state index contributed by atoms with van der Waals surface area (Å²) in [6.45, 7) is 0. The van der Waals surface area contributed by atoms with Gasteiger partial charge >= 0.3 is 0 Å². The molecule has 2 aromatic rings. The van der Waals surface area contributed by atoms with Gasteiger partial charge in [-0.1, -0.05) is 38.8 Å². The lowest BCUT2D eigenvalue weighted by atomic mass is 10.1. The topological polar surface area (TPSA) is 52.0 Å². The molecule has 1 aromatic heterocycles. The molecule has 0 unspecified atom stereocenters. The van der Waals surface area contributed by atoms with E-state index in [9.17, 15) is 0 Å². The Hall–Kier alpha value is -1.000. The summed E-state index contributed by atoms with van der Waals surface area (Å²) in [5.41, 5.74) is 7.10. The molecule has 3 nitrogen and oxygen atoms in total. The fourth-order valence-electron chi connectivity index (χ4n) is 1.16. The molecule has 0 spiro atoms. The molecule has 0 atom stereocenters. The summed E-state index contributed by atoms with van der Waals surface area (Å²) < 4.78 is 5.68. The molecule has 0 radical (unpaired) electrons. The van der Waals surface area contributed by atoms with E-state index in [-0.39, 0.29) is 5.88 Å². The Labute approximate surface area is 94.0 Å². The number of hydrogen-bond acceptors (Lipinski definition) is 3. The Morgan fingerprint density at radius 1 is 1.36 bits per heavy atom.